The van der Waals surface area contributed by atoms with Crippen LogP contribution in [0.15, 0.2) is 217 Å². The van der Waals surface area contributed by atoms with Gasteiger partial charge in [0.15, 0.2) is 5.82 Å². The molecular formula is C58H35N5O. The number of hydrogen-bond acceptors (Lipinski definition) is 3. The van der Waals surface area contributed by atoms with Gasteiger partial charge in [-0.25, -0.2) is 9.97 Å². The zero-order valence-electron chi connectivity index (χ0n) is 34.4. The summed E-state index contributed by atoms with van der Waals surface area (Å²) in [5, 5.41) is 9.20. The maximum Gasteiger partial charge on any atom is 0.166 e. The maximum atomic E-state index is 6.36. The SMILES string of the molecule is c1cc(-c2ccc3oc4ccccc4c3c2)c(-c2nc(-n3c4ccccc4c4ccccc43)cc(-n3c4ccccc4c4ccccc43)n2)c(-n2c3ccccc3c3ccccc32)c1. The van der Waals surface area contributed by atoms with Crippen LogP contribution < -0.4 is 0 Å². The molecule has 0 aliphatic carbocycles. The first kappa shape index (κ1) is 34.9. The minimum Gasteiger partial charge on any atom is -0.456 e. The van der Waals surface area contributed by atoms with Gasteiger partial charge >= 0.3 is 0 Å². The van der Waals surface area contributed by atoms with Gasteiger partial charge in [-0.2, -0.15) is 0 Å². The van der Waals surface area contributed by atoms with Gasteiger partial charge in [-0.15, -0.1) is 0 Å². The highest BCUT2D eigenvalue weighted by Gasteiger charge is 2.25. The van der Waals surface area contributed by atoms with Crippen LogP contribution >= 0.6 is 0 Å². The molecule has 14 rings (SSSR count). The van der Waals surface area contributed by atoms with Crippen LogP contribution in [-0.2, 0) is 0 Å². The molecule has 0 radical (unpaired) electrons. The first-order chi connectivity index (χ1) is 31.8. The Morgan fingerprint density at radius 1 is 0.312 bits per heavy atom. The summed E-state index contributed by atoms with van der Waals surface area (Å²) >= 11 is 0. The maximum absolute atomic E-state index is 6.36. The molecular weight excluding hydrogens is 783 g/mol. The second-order valence-electron chi connectivity index (χ2n) is 16.5. The van der Waals surface area contributed by atoms with E-state index in [0.29, 0.717) is 5.82 Å². The minimum atomic E-state index is 0.612. The Morgan fingerprint density at radius 3 is 1.20 bits per heavy atom. The molecule has 6 heteroatoms. The van der Waals surface area contributed by atoms with Crippen molar-refractivity contribution in [2.75, 3.05) is 0 Å². The van der Waals surface area contributed by atoms with E-state index in [1.807, 2.05) is 12.1 Å². The molecule has 9 aromatic carbocycles. The molecule has 0 spiro atoms. The Labute approximate surface area is 366 Å². The predicted molar refractivity (Wildman–Crippen MR) is 263 cm³/mol. The fourth-order valence-corrected chi connectivity index (χ4v) is 10.4. The van der Waals surface area contributed by atoms with E-state index in [1.165, 1.54) is 32.3 Å². The van der Waals surface area contributed by atoms with E-state index < -0.39 is 0 Å². The number of hydrogen-bond donors (Lipinski definition) is 0. The minimum absolute atomic E-state index is 0.612. The zero-order valence-corrected chi connectivity index (χ0v) is 34.4. The van der Waals surface area contributed by atoms with Gasteiger partial charge in [0.25, 0.3) is 0 Å². The third kappa shape index (κ3) is 4.96. The molecule has 0 N–H and O–H groups in total. The molecule has 0 aliphatic heterocycles. The molecule has 0 unspecified atom stereocenters. The van der Waals surface area contributed by atoms with Crippen molar-refractivity contribution < 1.29 is 4.42 Å². The average Bonchev–Trinajstić information content (AvgIpc) is 4.10. The Bertz CT molecular complexity index is 3930. The Hall–Kier alpha value is -8.74. The third-order valence-corrected chi connectivity index (χ3v) is 13.1. The molecule has 0 aliphatic rings. The molecule has 0 saturated carbocycles. The van der Waals surface area contributed by atoms with Gasteiger partial charge in [-0.1, -0.05) is 146 Å². The van der Waals surface area contributed by atoms with Crippen LogP contribution in [0.25, 0.3) is 127 Å². The number of benzene rings is 9. The Balaban J connectivity index is 1.15. The van der Waals surface area contributed by atoms with Crippen molar-refractivity contribution in [3.8, 4) is 39.8 Å². The van der Waals surface area contributed by atoms with Crippen LogP contribution in [-0.4, -0.2) is 23.7 Å². The van der Waals surface area contributed by atoms with Crippen molar-refractivity contribution in [3.63, 3.8) is 0 Å². The second-order valence-corrected chi connectivity index (χ2v) is 16.5. The normalized spacial score (nSPS) is 12.1. The fraction of sp³-hybridized carbons (Fsp3) is 0. The van der Waals surface area contributed by atoms with Crippen molar-refractivity contribution in [1.29, 1.82) is 0 Å². The lowest BCUT2D eigenvalue weighted by Crippen LogP contribution is -2.08. The van der Waals surface area contributed by atoms with E-state index in [1.54, 1.807) is 0 Å². The second kappa shape index (κ2) is 13.4. The van der Waals surface area contributed by atoms with E-state index >= 15 is 0 Å². The molecule has 14 aromatic rings. The van der Waals surface area contributed by atoms with E-state index in [-0.39, 0.29) is 0 Å². The molecule has 5 aromatic heterocycles. The highest BCUT2D eigenvalue weighted by Crippen LogP contribution is 2.43. The van der Waals surface area contributed by atoms with Crippen molar-refractivity contribution in [1.82, 2.24) is 23.7 Å². The summed E-state index contributed by atoms with van der Waals surface area (Å²) in [5.74, 6) is 2.16. The Kier molecular flexibility index (Phi) is 7.30. The molecule has 0 amide bonds. The summed E-state index contributed by atoms with van der Waals surface area (Å²) in [5.41, 5.74) is 12.2. The van der Waals surface area contributed by atoms with Gasteiger partial charge in [-0.05, 0) is 71.8 Å². The predicted octanol–water partition coefficient (Wildman–Crippen LogP) is 15.0. The molecule has 0 saturated heterocycles. The van der Waals surface area contributed by atoms with Gasteiger partial charge < -0.3 is 8.98 Å². The zero-order chi connectivity index (χ0) is 41.9. The number of fused-ring (bicyclic) bond motifs is 12. The lowest BCUT2D eigenvalue weighted by Gasteiger charge is -2.19. The summed E-state index contributed by atoms with van der Waals surface area (Å²) in [6.45, 7) is 0. The van der Waals surface area contributed by atoms with E-state index in [0.717, 1.165) is 89.1 Å². The van der Waals surface area contributed by atoms with Crippen LogP contribution in [0.4, 0.5) is 0 Å². The summed E-state index contributed by atoms with van der Waals surface area (Å²) in [6, 6.07) is 75.4. The van der Waals surface area contributed by atoms with Gasteiger partial charge in [0, 0.05) is 49.2 Å². The largest absolute Gasteiger partial charge is 0.456 e. The number of nitrogens with zero attached hydrogens (tertiary/aromatic N) is 5. The fourth-order valence-electron chi connectivity index (χ4n) is 10.4. The number of para-hydroxylation sites is 7. The highest BCUT2D eigenvalue weighted by molar-refractivity contribution is 6.12. The molecule has 64 heavy (non-hydrogen) atoms. The summed E-state index contributed by atoms with van der Waals surface area (Å²) in [6.07, 6.45) is 0. The monoisotopic (exact) mass is 817 g/mol. The summed E-state index contributed by atoms with van der Waals surface area (Å²) < 4.78 is 13.4. The first-order valence-electron chi connectivity index (χ1n) is 21.7. The van der Waals surface area contributed by atoms with E-state index in [9.17, 15) is 0 Å². The van der Waals surface area contributed by atoms with Gasteiger partial charge in [-0.3, -0.25) is 9.13 Å². The standard InChI is InChI=1S/C58H35N5O/c1-8-24-46-38(16-1)39-17-2-9-25-47(39)61(46)52-30-15-23-37(36-32-33-54-45(34-36)44-22-7-14-31-53(44)64-54)57(52)58-59-55(62-48-26-10-3-18-40(48)41-19-4-11-27-49(41)62)35-56(60-58)63-50-28-12-5-20-42(50)43-21-6-13-29-51(43)63/h1-35H. The lowest BCUT2D eigenvalue weighted by molar-refractivity contribution is 0.669. The van der Waals surface area contributed by atoms with Gasteiger partial charge in [0.05, 0.1) is 44.4 Å². The number of rotatable bonds is 5. The molecule has 298 valence electrons. The van der Waals surface area contributed by atoms with Crippen molar-refractivity contribution in [3.05, 3.63) is 212 Å². The van der Waals surface area contributed by atoms with Crippen molar-refractivity contribution in [2.45, 2.75) is 0 Å². The topological polar surface area (TPSA) is 53.7 Å². The average molecular weight is 818 g/mol. The first-order valence-corrected chi connectivity index (χ1v) is 21.7. The molecule has 5 heterocycles. The smallest absolute Gasteiger partial charge is 0.166 e. The van der Waals surface area contributed by atoms with Gasteiger partial charge in [0.1, 0.15) is 22.8 Å². The molecule has 0 fully saturated rings. The number of furan rings is 1. The van der Waals surface area contributed by atoms with Crippen LogP contribution in [0.2, 0.25) is 0 Å². The van der Waals surface area contributed by atoms with E-state index in [2.05, 4.69) is 214 Å². The molecule has 0 atom stereocenters. The Morgan fingerprint density at radius 2 is 0.719 bits per heavy atom. The third-order valence-electron chi connectivity index (χ3n) is 13.1. The van der Waals surface area contributed by atoms with E-state index in [4.69, 9.17) is 14.4 Å². The molecule has 6 nitrogen and oxygen atoms in total. The van der Waals surface area contributed by atoms with Crippen molar-refractivity contribution >= 4 is 87.4 Å². The quantitative estimate of drug-likeness (QED) is 0.174. The van der Waals surface area contributed by atoms with Crippen LogP contribution in [0.1, 0.15) is 0 Å². The number of aromatic nitrogens is 5. The van der Waals surface area contributed by atoms with Crippen LogP contribution in [0.5, 0.6) is 0 Å². The highest BCUT2D eigenvalue weighted by atomic mass is 16.3. The molecule has 0 bridgehead atoms. The summed E-state index contributed by atoms with van der Waals surface area (Å²) in [7, 11) is 0. The van der Waals surface area contributed by atoms with Gasteiger partial charge in [0.2, 0.25) is 0 Å². The van der Waals surface area contributed by atoms with Crippen molar-refractivity contribution in [2.24, 2.45) is 0 Å². The van der Waals surface area contributed by atoms with Crippen LogP contribution in [0, 0.1) is 0 Å². The van der Waals surface area contributed by atoms with Crippen LogP contribution in [0.3, 0.4) is 0 Å². The summed E-state index contributed by atoms with van der Waals surface area (Å²) in [4.78, 5) is 11.5. The lowest BCUT2D eigenvalue weighted by atomic mass is 9.95.